The van der Waals surface area contributed by atoms with Crippen molar-refractivity contribution in [3.63, 3.8) is 0 Å². The van der Waals surface area contributed by atoms with Crippen molar-refractivity contribution in [2.75, 3.05) is 101 Å². The smallest absolute Gasteiger partial charge is 0.335 e. The summed E-state index contributed by atoms with van der Waals surface area (Å²) >= 11 is 12.2. The Labute approximate surface area is 807 Å². The van der Waals surface area contributed by atoms with Gasteiger partial charge in [-0.15, -0.1) is 0 Å². The molecule has 4 amide bonds. The Hall–Kier alpha value is -7.80. The molecule has 32 nitrogen and oxygen atoms in total. The normalized spacial score (nSPS) is 13.5. The van der Waals surface area contributed by atoms with Crippen LogP contribution in [-0.4, -0.2) is 243 Å². The van der Waals surface area contributed by atoms with Gasteiger partial charge in [-0.3, -0.25) is 28.3 Å². The standard InChI is InChI=1S/C81H100B6I2N6O26S8/c1-80(2)68(94(22-10-24-128(108,109)110)58-28-46(72(96)90-18-6-12-52-60(114-38-88)30-48(76(100)101)32-62(52)116-40-122-82)26-56(70(58)80)74(98)92-20-8-13-53-61(115-39-89)31-49(77(102)103)33-63(53)117-41-123-83)16-5-17-69-81(3,4)71-57(75(99)93-21-9-15-55-66(120-44-126-86)36-51(79(106)107)37-67(55)121-45-127-87)27-47(29-59(71)95(69)23-11-25-129(111,112)113)73(97)91-19-7-14-54-64(118-42-124-84)34-50(78(104)105)35-65(54)119-43-125-85/h5,16-17,26-37H,6-15,18-25,38-45,82-87H2,1-4H3,(H9-,90,91,92,93,96,97,98,99,100,101,102,103,104,105,106,107,108,109,110,111,112,113)/p+1. The van der Waals surface area contributed by atoms with Crippen molar-refractivity contribution in [2.24, 2.45) is 0 Å². The number of allylic oxidation sites excluding steroid dienone is 4. The minimum Gasteiger partial charge on any atom is -0.484 e. The van der Waals surface area contributed by atoms with Gasteiger partial charge >= 0.3 is 23.9 Å². The number of halogens is 2. The van der Waals surface area contributed by atoms with Crippen LogP contribution < -0.4 is 64.1 Å². The Morgan fingerprint density at radius 2 is 0.729 bits per heavy atom. The van der Waals surface area contributed by atoms with Gasteiger partial charge in [-0.2, -0.15) is 91.1 Å². The first kappa shape index (κ1) is 107. The summed E-state index contributed by atoms with van der Waals surface area (Å²) in [4.78, 5) is 112. The zero-order valence-electron chi connectivity index (χ0n) is 72.8. The molecule has 8 rings (SSSR count). The topological polar surface area (TPSA) is 454 Å². The molecule has 6 aromatic rings. The van der Waals surface area contributed by atoms with Gasteiger partial charge in [0, 0.05) is 113 Å². The fraction of sp³-hybridized carbons (Fsp3) is 0.395. The van der Waals surface area contributed by atoms with Crippen LogP contribution in [0.25, 0.3) is 0 Å². The first-order valence-corrected chi connectivity index (χ1v) is 55.0. The lowest BCUT2D eigenvalue weighted by molar-refractivity contribution is -0.437. The second kappa shape index (κ2) is 50.9. The summed E-state index contributed by atoms with van der Waals surface area (Å²) in [7, 11) is 1.72. The van der Waals surface area contributed by atoms with Crippen LogP contribution >= 0.6 is 115 Å². The van der Waals surface area contributed by atoms with Gasteiger partial charge < -0.3 is 84.5 Å². The highest BCUT2D eigenvalue weighted by molar-refractivity contribution is 14.1. The van der Waals surface area contributed by atoms with E-state index >= 15 is 14.4 Å². The molecule has 10 N–H and O–H groups in total. The highest BCUT2D eigenvalue weighted by Crippen LogP contribution is 2.51. The van der Waals surface area contributed by atoms with Gasteiger partial charge in [0.1, 0.15) is 97.4 Å². The predicted molar refractivity (Wildman–Crippen MR) is 540 cm³/mol. The number of fused-ring (bicyclic) bond motifs is 2. The third-order valence-electron chi connectivity index (χ3n) is 20.6. The number of nitrogens with one attached hydrogen (secondary N) is 4. The lowest BCUT2D eigenvalue weighted by atomic mass is 9.78. The molecule has 0 unspecified atom stereocenters. The van der Waals surface area contributed by atoms with E-state index in [2.05, 4.69) is 21.3 Å². The number of carbonyl (C=O) groups excluding carboxylic acids is 4. The fourth-order valence-electron chi connectivity index (χ4n) is 15.0. The van der Waals surface area contributed by atoms with Crippen LogP contribution in [0.1, 0.15) is 182 Å². The SMILES string of the molecule is BSCOc1cc(C(=O)O)cc(OCI)c1CCCNC(=O)c1cc(C(=O)NCCCc2c(OCI)cc(C(=O)O)cc2OCSB)c2c(c1)N(CCCS(=O)(=O)O)/C(=C/C=C/C1=[N+](CCCS(=O)(=O)O)c3cc(C(=O)NCCCc4c(OCSB)cc(C(=O)O)cc4OCSB)cc(C(=O)NCCCc4c(OCSB)cc(C(=O)O)cc4OCSB)c3C1(C)C)C2(C)C. The number of rotatable bonds is 56. The molecule has 0 aliphatic carbocycles. The van der Waals surface area contributed by atoms with Crippen LogP contribution in [0.5, 0.6) is 46.0 Å². The first-order valence-electron chi connectivity index (χ1n) is 40.3. The van der Waals surface area contributed by atoms with Gasteiger partial charge in [0.2, 0.25) is 5.69 Å². The van der Waals surface area contributed by atoms with Crippen LogP contribution in [0.2, 0.25) is 0 Å². The van der Waals surface area contributed by atoms with E-state index in [0.29, 0.717) is 56.2 Å². The molecule has 0 saturated carbocycles. The molecule has 2 aliphatic heterocycles. The van der Waals surface area contributed by atoms with Crippen molar-refractivity contribution >= 4 is 242 Å². The van der Waals surface area contributed by atoms with Crippen molar-refractivity contribution in [2.45, 2.75) is 103 Å². The van der Waals surface area contributed by atoms with E-state index in [1.165, 1.54) is 130 Å². The van der Waals surface area contributed by atoms with Gasteiger partial charge in [0.15, 0.2) is 48.5 Å². The Balaban J connectivity index is 1.25. The highest BCUT2D eigenvalue weighted by Gasteiger charge is 2.49. The monoisotopic (exact) mass is 2150 g/mol. The number of hydrogen-bond donors (Lipinski definition) is 10. The van der Waals surface area contributed by atoms with E-state index in [1.54, 1.807) is 39.8 Å². The van der Waals surface area contributed by atoms with Crippen molar-refractivity contribution in [1.29, 1.82) is 0 Å². The molecule has 0 saturated heterocycles. The van der Waals surface area contributed by atoms with E-state index in [-0.39, 0.29) is 239 Å². The molecule has 0 aromatic heterocycles. The summed E-state index contributed by atoms with van der Waals surface area (Å²) < 4.78 is 121. The maximum absolute atomic E-state index is 15.5. The summed E-state index contributed by atoms with van der Waals surface area (Å²) in [5, 5.41) is 52.2. The molecule has 0 fully saturated rings. The summed E-state index contributed by atoms with van der Waals surface area (Å²) in [5.41, 5.74) is 1.92. The van der Waals surface area contributed by atoms with E-state index in [9.17, 15) is 70.3 Å². The number of nitrogens with zero attached hydrogens (tertiary/aromatic N) is 2. The maximum atomic E-state index is 15.5. The third-order valence-corrected chi connectivity index (χ3v) is 25.0. The third kappa shape index (κ3) is 29.6. The Morgan fingerprint density at radius 1 is 0.419 bits per heavy atom. The van der Waals surface area contributed by atoms with Gasteiger partial charge in [-0.1, -0.05) is 19.9 Å². The Kier molecular flexibility index (Phi) is 42.0. The summed E-state index contributed by atoms with van der Waals surface area (Å²) in [6, 6.07) is 17.4. The molecule has 0 radical (unpaired) electrons. The molecule has 0 atom stereocenters. The van der Waals surface area contributed by atoms with Gasteiger partial charge in [0.25, 0.3) is 43.9 Å². The molecule has 129 heavy (non-hydrogen) atoms. The van der Waals surface area contributed by atoms with Crippen molar-refractivity contribution < 1.29 is 127 Å². The number of ether oxygens (including phenoxy) is 8. The largest absolute Gasteiger partial charge is 0.484 e. The van der Waals surface area contributed by atoms with Gasteiger partial charge in [0.05, 0.1) is 50.3 Å². The number of anilines is 1. The lowest BCUT2D eigenvalue weighted by Crippen LogP contribution is -2.32. The quantitative estimate of drug-likeness (QED) is 0.00326. The predicted octanol–water partition coefficient (Wildman–Crippen LogP) is 8.35. The van der Waals surface area contributed by atoms with E-state index in [0.717, 1.165) is 0 Å². The number of carbonyl (C=O) groups is 8. The molecular weight excluding hydrogens is 2050 g/mol. The fourth-order valence-corrected chi connectivity index (χ4v) is 18.2. The molecule has 6 aromatic carbocycles. The number of alkyl halides is 2. The van der Waals surface area contributed by atoms with Crippen LogP contribution in [0.3, 0.4) is 0 Å². The molecule has 2 heterocycles. The highest BCUT2D eigenvalue weighted by atomic mass is 127. The van der Waals surface area contributed by atoms with Crippen molar-refractivity contribution in [3.05, 3.63) is 175 Å². The molecule has 690 valence electrons. The second-order valence-electron chi connectivity index (χ2n) is 30.2. The number of carboxylic acid groups (broad SMARTS) is 4. The average Bonchev–Trinajstić information content (AvgIpc) is 1.57. The van der Waals surface area contributed by atoms with Crippen LogP contribution in [0.4, 0.5) is 11.4 Å². The van der Waals surface area contributed by atoms with Gasteiger partial charge in [-0.05, 0) is 190 Å². The number of hydrogen-bond acceptors (Lipinski definition) is 27. The van der Waals surface area contributed by atoms with Crippen molar-refractivity contribution in [1.82, 2.24) is 21.3 Å². The molecule has 48 heteroatoms. The van der Waals surface area contributed by atoms with E-state index in [1.807, 2.05) is 116 Å². The average molecular weight is 2150 g/mol. The molecule has 2 aliphatic rings. The maximum Gasteiger partial charge on any atom is 0.335 e. The number of carboxylic acids is 4. The zero-order chi connectivity index (χ0) is 94.5. The minimum absolute atomic E-state index is 0.00340. The first-order chi connectivity index (χ1) is 61.4. The number of benzene rings is 6. The summed E-state index contributed by atoms with van der Waals surface area (Å²) in [5.74, 6) is -5.37. The zero-order valence-corrected chi connectivity index (χ0v) is 83.7. The molecular formula is C81H101B6I2N6O26S8+. The van der Waals surface area contributed by atoms with E-state index in [4.69, 9.17) is 37.9 Å². The molecule has 0 spiro atoms. The minimum atomic E-state index is -4.60. The summed E-state index contributed by atoms with van der Waals surface area (Å²) in [6.07, 6.45) is 6.78. The second-order valence-corrected chi connectivity index (χ2v) is 39.5. The molecule has 0 bridgehead atoms. The summed E-state index contributed by atoms with van der Waals surface area (Å²) in [6.45, 7) is 7.16. The van der Waals surface area contributed by atoms with Crippen LogP contribution in [-0.2, 0) is 56.7 Å². The number of amides is 4. The van der Waals surface area contributed by atoms with Crippen molar-refractivity contribution in [3.8, 4) is 46.0 Å². The van der Waals surface area contributed by atoms with Crippen LogP contribution in [0, 0.1) is 0 Å². The Morgan fingerprint density at radius 3 is 1.05 bits per heavy atom. The Bertz CT molecular complexity index is 5400. The van der Waals surface area contributed by atoms with Gasteiger partial charge in [-0.25, -0.2) is 19.2 Å². The lowest BCUT2D eigenvalue weighted by Gasteiger charge is -2.27. The van der Waals surface area contributed by atoms with E-state index < -0.39 is 90.1 Å². The van der Waals surface area contributed by atoms with Crippen LogP contribution in [0.15, 0.2) is 96.7 Å². The number of aromatic carboxylic acids is 4.